The van der Waals surface area contributed by atoms with Crippen LogP contribution in [0.2, 0.25) is 0 Å². The lowest BCUT2D eigenvalue weighted by Gasteiger charge is -2.13. The lowest BCUT2D eigenvalue weighted by molar-refractivity contribution is -0.682. The van der Waals surface area contributed by atoms with Crippen LogP contribution in [0.3, 0.4) is 0 Å². The lowest BCUT2D eigenvalue weighted by Crippen LogP contribution is -2.32. The Morgan fingerprint density at radius 2 is 1.75 bits per heavy atom. The second kappa shape index (κ2) is 7.25. The molecule has 0 aliphatic carbocycles. The molecule has 0 atom stereocenters. The van der Waals surface area contributed by atoms with E-state index in [1.807, 2.05) is 0 Å². The Kier molecular flexibility index (Phi) is 4.99. The minimum absolute atomic E-state index is 0.0258. The smallest absolute Gasteiger partial charge is 0.573 e. The molecule has 0 saturated heterocycles. The normalized spacial score (nSPS) is 12.3. The summed E-state index contributed by atoms with van der Waals surface area (Å²) in [5.41, 5.74) is -0.863. The van der Waals surface area contributed by atoms with Gasteiger partial charge in [0, 0.05) is 11.0 Å². The van der Waals surface area contributed by atoms with Gasteiger partial charge in [-0.2, -0.15) is 0 Å². The first-order valence-electron chi connectivity index (χ1n) is 7.64. The summed E-state index contributed by atoms with van der Waals surface area (Å²) in [6.45, 7) is 0. The molecule has 11 heteroatoms. The predicted octanol–water partition coefficient (Wildman–Crippen LogP) is 2.12. The third-order valence-corrected chi connectivity index (χ3v) is 3.51. The van der Waals surface area contributed by atoms with Crippen molar-refractivity contribution in [1.82, 2.24) is 9.78 Å². The Morgan fingerprint density at radius 3 is 2.25 bits per heavy atom. The third kappa shape index (κ3) is 4.42. The van der Waals surface area contributed by atoms with Crippen LogP contribution >= 0.6 is 0 Å². The molecule has 0 bridgehead atoms. The van der Waals surface area contributed by atoms with E-state index in [9.17, 15) is 27.1 Å². The van der Waals surface area contributed by atoms with E-state index in [1.165, 1.54) is 17.3 Å². The van der Waals surface area contributed by atoms with Crippen LogP contribution in [0.1, 0.15) is 5.56 Å². The van der Waals surface area contributed by atoms with Gasteiger partial charge in [-0.1, -0.05) is 12.1 Å². The molecule has 1 heterocycles. The molecule has 0 aliphatic heterocycles. The molecule has 146 valence electrons. The minimum Gasteiger partial charge on any atom is -0.856 e. The van der Waals surface area contributed by atoms with E-state index < -0.39 is 35.2 Å². The summed E-state index contributed by atoms with van der Waals surface area (Å²) in [5.74, 6) is -3.58. The van der Waals surface area contributed by atoms with E-state index in [4.69, 9.17) is 0 Å². The number of nitrogens with zero attached hydrogens (tertiary/aromatic N) is 4. The van der Waals surface area contributed by atoms with Gasteiger partial charge in [-0.05, 0) is 35.4 Å². The van der Waals surface area contributed by atoms with Crippen molar-refractivity contribution >= 4 is 5.90 Å². The number of hydrogen-bond acceptors (Lipinski definition) is 4. The average molecular weight is 398 g/mol. The highest BCUT2D eigenvalue weighted by Crippen LogP contribution is 2.30. The molecular formula is C17H11F5N4O2. The molecule has 1 aromatic heterocycles. The first kappa shape index (κ1) is 19.3. The van der Waals surface area contributed by atoms with Gasteiger partial charge in [0.2, 0.25) is 6.33 Å². The van der Waals surface area contributed by atoms with E-state index in [2.05, 4.69) is 14.9 Å². The SMILES string of the molecule is Cn1c[n+](N=C([O-])c2cc(F)c(-c3ccc(OC(F)(F)F)cc3)c(F)c2)cn1. The largest absolute Gasteiger partial charge is 0.856 e. The standard InChI is InChI=1S/C17H11F5N4O2/c1-25-9-26(8-23-25)24-16(27)11-6-13(18)15(14(19)7-11)10-2-4-12(5-3-10)28-17(20,21)22/h2-9H,1H3. The van der Waals surface area contributed by atoms with Crippen molar-refractivity contribution in [3.63, 3.8) is 0 Å². The van der Waals surface area contributed by atoms with Crippen LogP contribution in [-0.4, -0.2) is 22.0 Å². The molecule has 0 amide bonds. The zero-order valence-corrected chi connectivity index (χ0v) is 14.1. The zero-order chi connectivity index (χ0) is 20.5. The molecule has 3 aromatic rings. The average Bonchev–Trinajstić information content (AvgIpc) is 2.99. The molecular weight excluding hydrogens is 387 g/mol. The summed E-state index contributed by atoms with van der Waals surface area (Å²) in [7, 11) is 1.59. The van der Waals surface area contributed by atoms with E-state index in [0.29, 0.717) is 0 Å². The fraction of sp³-hybridized carbons (Fsp3) is 0.118. The summed E-state index contributed by atoms with van der Waals surface area (Å²) in [4.78, 5) is 0. The first-order valence-corrected chi connectivity index (χ1v) is 7.64. The zero-order valence-electron chi connectivity index (χ0n) is 14.1. The van der Waals surface area contributed by atoms with Crippen molar-refractivity contribution in [2.45, 2.75) is 6.36 Å². The number of rotatable bonds is 4. The van der Waals surface area contributed by atoms with Gasteiger partial charge in [0.1, 0.15) is 17.4 Å². The van der Waals surface area contributed by atoms with Gasteiger partial charge < -0.3 is 9.84 Å². The van der Waals surface area contributed by atoms with Crippen molar-refractivity contribution in [3.8, 4) is 16.9 Å². The third-order valence-electron chi connectivity index (χ3n) is 3.51. The van der Waals surface area contributed by atoms with Crippen molar-refractivity contribution < 1.29 is 36.5 Å². The molecule has 6 nitrogen and oxygen atoms in total. The number of halogens is 5. The van der Waals surface area contributed by atoms with Crippen LogP contribution in [0.15, 0.2) is 54.2 Å². The number of benzene rings is 2. The fourth-order valence-electron chi connectivity index (χ4n) is 2.38. The van der Waals surface area contributed by atoms with E-state index >= 15 is 0 Å². The first-order chi connectivity index (χ1) is 13.1. The molecule has 0 unspecified atom stereocenters. The molecule has 0 N–H and O–H groups in total. The van der Waals surface area contributed by atoms with Gasteiger partial charge in [-0.3, -0.25) is 0 Å². The highest BCUT2D eigenvalue weighted by Gasteiger charge is 2.31. The highest BCUT2D eigenvalue weighted by atomic mass is 19.4. The van der Waals surface area contributed by atoms with E-state index in [1.54, 1.807) is 7.05 Å². The van der Waals surface area contributed by atoms with Crippen LogP contribution in [-0.2, 0) is 7.05 Å². The number of hydrogen-bond donors (Lipinski definition) is 0. The Morgan fingerprint density at radius 1 is 1.14 bits per heavy atom. The van der Waals surface area contributed by atoms with Crippen molar-refractivity contribution in [2.75, 3.05) is 0 Å². The molecule has 0 saturated carbocycles. The summed E-state index contributed by atoms with van der Waals surface area (Å²) >= 11 is 0. The van der Waals surface area contributed by atoms with Crippen LogP contribution < -0.4 is 14.5 Å². The summed E-state index contributed by atoms with van der Waals surface area (Å²) in [6.07, 6.45) is -2.29. The Hall–Kier alpha value is -3.50. The van der Waals surface area contributed by atoms with Gasteiger partial charge in [0.15, 0.2) is 0 Å². The van der Waals surface area contributed by atoms with Gasteiger partial charge in [0.05, 0.1) is 12.6 Å². The summed E-state index contributed by atoms with van der Waals surface area (Å²) in [6, 6.07) is 5.58. The Balaban J connectivity index is 1.91. The fourth-order valence-corrected chi connectivity index (χ4v) is 2.38. The van der Waals surface area contributed by atoms with Gasteiger partial charge in [-0.25, -0.2) is 8.78 Å². The second-order valence-electron chi connectivity index (χ2n) is 5.59. The maximum Gasteiger partial charge on any atom is 0.573 e. The van der Waals surface area contributed by atoms with Crippen LogP contribution in [0.5, 0.6) is 5.75 Å². The molecule has 28 heavy (non-hydrogen) atoms. The maximum absolute atomic E-state index is 14.4. The Labute approximate surface area is 154 Å². The summed E-state index contributed by atoms with van der Waals surface area (Å²) < 4.78 is 71.5. The molecule has 0 fully saturated rings. The molecule has 0 spiro atoms. The van der Waals surface area contributed by atoms with Gasteiger partial charge in [0.25, 0.3) is 6.33 Å². The second-order valence-corrected chi connectivity index (χ2v) is 5.59. The molecule has 0 aliphatic rings. The Bertz CT molecular complexity index is 1010. The van der Waals surface area contributed by atoms with Crippen molar-refractivity contribution in [3.05, 3.63) is 66.3 Å². The number of alkyl halides is 3. The minimum atomic E-state index is -4.88. The summed E-state index contributed by atoms with van der Waals surface area (Å²) in [5, 5.41) is 19.5. The topological polar surface area (TPSA) is 66.3 Å². The monoisotopic (exact) mass is 398 g/mol. The number of aromatic nitrogens is 3. The molecule has 0 radical (unpaired) electrons. The predicted molar refractivity (Wildman–Crippen MR) is 83.8 cm³/mol. The van der Waals surface area contributed by atoms with Crippen molar-refractivity contribution in [2.24, 2.45) is 12.1 Å². The quantitative estimate of drug-likeness (QED) is 0.293. The highest BCUT2D eigenvalue weighted by molar-refractivity contribution is 5.90. The van der Waals surface area contributed by atoms with Crippen LogP contribution in [0.4, 0.5) is 22.0 Å². The van der Waals surface area contributed by atoms with E-state index in [0.717, 1.165) is 41.1 Å². The molecule has 3 rings (SSSR count). The van der Waals surface area contributed by atoms with Crippen LogP contribution in [0, 0.1) is 11.6 Å². The van der Waals surface area contributed by atoms with E-state index in [-0.39, 0.29) is 11.1 Å². The molecule has 2 aromatic carbocycles. The van der Waals surface area contributed by atoms with Crippen molar-refractivity contribution in [1.29, 1.82) is 0 Å². The number of ether oxygens (including phenoxy) is 1. The van der Waals surface area contributed by atoms with Gasteiger partial charge in [-0.15, -0.1) is 27.6 Å². The maximum atomic E-state index is 14.4. The lowest BCUT2D eigenvalue weighted by atomic mass is 10.0. The number of aryl methyl sites for hydroxylation is 1. The van der Waals surface area contributed by atoms with Gasteiger partial charge >= 0.3 is 6.36 Å². The van der Waals surface area contributed by atoms with Crippen LogP contribution in [0.25, 0.3) is 11.1 Å².